The van der Waals surface area contributed by atoms with E-state index in [1.807, 2.05) is 37.3 Å². The molecule has 3 aromatic rings. The molecule has 6 nitrogen and oxygen atoms in total. The Labute approximate surface area is 133 Å². The third kappa shape index (κ3) is 3.60. The monoisotopic (exact) mass is 302 g/mol. The van der Waals surface area contributed by atoms with Gasteiger partial charge in [-0.3, -0.25) is 0 Å². The van der Waals surface area contributed by atoms with Crippen LogP contribution in [0.4, 0.5) is 23.1 Å². The van der Waals surface area contributed by atoms with Crippen molar-refractivity contribution < 1.29 is 0 Å². The highest BCUT2D eigenvalue weighted by Crippen LogP contribution is 2.19. The molecule has 1 aromatic heterocycles. The molecule has 3 rings (SSSR count). The molecule has 2 aromatic carbocycles. The summed E-state index contributed by atoms with van der Waals surface area (Å²) in [6.07, 6.45) is 1.55. The zero-order valence-electron chi connectivity index (χ0n) is 12.5. The summed E-state index contributed by atoms with van der Waals surface area (Å²) >= 11 is 0. The van der Waals surface area contributed by atoms with Crippen LogP contribution in [0.2, 0.25) is 0 Å². The molecule has 0 unspecified atom stereocenters. The molecule has 0 spiro atoms. The summed E-state index contributed by atoms with van der Waals surface area (Å²) in [5, 5.41) is 23.2. The Kier molecular flexibility index (Phi) is 4.11. The number of rotatable bonds is 4. The molecule has 0 aliphatic rings. The lowest BCUT2D eigenvalue weighted by Gasteiger charge is -2.09. The number of hydrogen-bond acceptors (Lipinski definition) is 6. The average molecular weight is 302 g/mol. The van der Waals surface area contributed by atoms with Crippen LogP contribution in [0.25, 0.3) is 0 Å². The average Bonchev–Trinajstić information content (AvgIpc) is 2.56. The minimum atomic E-state index is 0.324. The predicted molar refractivity (Wildman–Crippen MR) is 88.7 cm³/mol. The zero-order chi connectivity index (χ0) is 16.1. The van der Waals surface area contributed by atoms with Gasteiger partial charge in [-0.05, 0) is 36.8 Å². The van der Waals surface area contributed by atoms with Gasteiger partial charge in [-0.15, -0.1) is 5.10 Å². The fourth-order valence-electron chi connectivity index (χ4n) is 2.10. The minimum absolute atomic E-state index is 0.324. The lowest BCUT2D eigenvalue weighted by atomic mass is 10.2. The molecule has 0 fully saturated rings. The van der Waals surface area contributed by atoms with Crippen molar-refractivity contribution in [3.05, 3.63) is 65.9 Å². The topological polar surface area (TPSA) is 86.5 Å². The van der Waals surface area contributed by atoms with Crippen LogP contribution < -0.4 is 10.6 Å². The second kappa shape index (κ2) is 6.54. The highest BCUT2D eigenvalue weighted by atomic mass is 15.3. The number of nitriles is 1. The number of aryl methyl sites for hydroxylation is 1. The van der Waals surface area contributed by atoms with E-state index in [1.165, 1.54) is 0 Å². The third-order valence-electron chi connectivity index (χ3n) is 3.14. The maximum absolute atomic E-state index is 9.11. The second-order valence-electron chi connectivity index (χ2n) is 4.94. The van der Waals surface area contributed by atoms with E-state index in [-0.39, 0.29) is 0 Å². The molecule has 6 heteroatoms. The first-order chi connectivity index (χ1) is 11.2. The Bertz CT molecular complexity index is 869. The quantitative estimate of drug-likeness (QED) is 0.766. The molecule has 0 aliphatic heterocycles. The molecule has 0 bridgehead atoms. The Balaban J connectivity index is 1.81. The minimum Gasteiger partial charge on any atom is -0.339 e. The molecular formula is C17H14N6. The predicted octanol–water partition coefficient (Wildman–Crippen LogP) is 3.54. The molecule has 23 heavy (non-hydrogen) atoms. The first kappa shape index (κ1) is 14.5. The summed E-state index contributed by atoms with van der Waals surface area (Å²) in [6.45, 7) is 2.02. The van der Waals surface area contributed by atoms with Gasteiger partial charge in [0.15, 0.2) is 5.82 Å². The van der Waals surface area contributed by atoms with Gasteiger partial charge in [0, 0.05) is 5.69 Å². The van der Waals surface area contributed by atoms with Crippen LogP contribution in [-0.4, -0.2) is 15.2 Å². The van der Waals surface area contributed by atoms with Gasteiger partial charge in [0.25, 0.3) is 0 Å². The van der Waals surface area contributed by atoms with Crippen molar-refractivity contribution in [1.82, 2.24) is 15.2 Å². The molecule has 0 amide bonds. The molecule has 0 saturated heterocycles. The van der Waals surface area contributed by atoms with Crippen LogP contribution in [0.15, 0.2) is 54.7 Å². The van der Waals surface area contributed by atoms with Gasteiger partial charge in [-0.2, -0.15) is 15.3 Å². The Hall–Kier alpha value is -3.46. The third-order valence-corrected chi connectivity index (χ3v) is 3.14. The van der Waals surface area contributed by atoms with E-state index in [0.29, 0.717) is 23.0 Å². The van der Waals surface area contributed by atoms with Crippen molar-refractivity contribution in [1.29, 1.82) is 5.26 Å². The van der Waals surface area contributed by atoms with Crippen LogP contribution in [0.1, 0.15) is 11.1 Å². The van der Waals surface area contributed by atoms with Gasteiger partial charge < -0.3 is 10.6 Å². The summed E-state index contributed by atoms with van der Waals surface area (Å²) in [4.78, 5) is 4.36. The van der Waals surface area contributed by atoms with E-state index in [9.17, 15) is 0 Å². The lowest BCUT2D eigenvalue weighted by molar-refractivity contribution is 0.982. The lowest BCUT2D eigenvalue weighted by Crippen LogP contribution is -2.03. The van der Waals surface area contributed by atoms with Gasteiger partial charge in [0.05, 0.1) is 17.4 Å². The molecule has 1 heterocycles. The molecule has 0 radical (unpaired) electrons. The Morgan fingerprint density at radius 2 is 1.91 bits per heavy atom. The zero-order valence-corrected chi connectivity index (χ0v) is 12.5. The van der Waals surface area contributed by atoms with Crippen LogP contribution >= 0.6 is 0 Å². The van der Waals surface area contributed by atoms with Crippen molar-refractivity contribution in [3.63, 3.8) is 0 Å². The number of nitrogens with one attached hydrogen (secondary N) is 2. The van der Waals surface area contributed by atoms with Crippen molar-refractivity contribution in [2.45, 2.75) is 6.92 Å². The molecule has 0 atom stereocenters. The van der Waals surface area contributed by atoms with Crippen LogP contribution in [0.3, 0.4) is 0 Å². The summed E-state index contributed by atoms with van der Waals surface area (Å²) in [5.74, 6) is 0.896. The van der Waals surface area contributed by atoms with Gasteiger partial charge in [0.2, 0.25) is 5.95 Å². The SMILES string of the molecule is Cc1cccc(Nc2cnnc(Nc3ccccc3C#N)n2)c1. The van der Waals surface area contributed by atoms with E-state index in [2.05, 4.69) is 31.9 Å². The fourth-order valence-corrected chi connectivity index (χ4v) is 2.10. The number of aromatic nitrogens is 3. The Morgan fingerprint density at radius 1 is 1.04 bits per heavy atom. The van der Waals surface area contributed by atoms with E-state index in [0.717, 1.165) is 11.3 Å². The molecule has 0 saturated carbocycles. The van der Waals surface area contributed by atoms with Crippen molar-refractivity contribution >= 4 is 23.1 Å². The summed E-state index contributed by atoms with van der Waals surface area (Å²) in [6, 6.07) is 17.2. The smallest absolute Gasteiger partial charge is 0.249 e. The van der Waals surface area contributed by atoms with Crippen LogP contribution in [0, 0.1) is 18.3 Å². The summed E-state index contributed by atoms with van der Waals surface area (Å²) in [7, 11) is 0. The van der Waals surface area contributed by atoms with Crippen molar-refractivity contribution in [2.24, 2.45) is 0 Å². The number of para-hydroxylation sites is 1. The summed E-state index contributed by atoms with van der Waals surface area (Å²) < 4.78 is 0. The number of nitrogens with zero attached hydrogens (tertiary/aromatic N) is 4. The van der Waals surface area contributed by atoms with Crippen molar-refractivity contribution in [3.8, 4) is 6.07 Å². The van der Waals surface area contributed by atoms with E-state index in [1.54, 1.807) is 24.4 Å². The molecule has 112 valence electrons. The first-order valence-electron chi connectivity index (χ1n) is 7.04. The van der Waals surface area contributed by atoms with E-state index < -0.39 is 0 Å². The second-order valence-corrected chi connectivity index (χ2v) is 4.94. The normalized spacial score (nSPS) is 9.91. The summed E-state index contributed by atoms with van der Waals surface area (Å²) in [5.41, 5.74) is 3.24. The van der Waals surface area contributed by atoms with Gasteiger partial charge >= 0.3 is 0 Å². The van der Waals surface area contributed by atoms with E-state index in [4.69, 9.17) is 5.26 Å². The van der Waals surface area contributed by atoms with Crippen LogP contribution in [0.5, 0.6) is 0 Å². The number of benzene rings is 2. The number of anilines is 4. The van der Waals surface area contributed by atoms with E-state index >= 15 is 0 Å². The highest BCUT2D eigenvalue weighted by Gasteiger charge is 2.05. The Morgan fingerprint density at radius 3 is 2.74 bits per heavy atom. The largest absolute Gasteiger partial charge is 0.339 e. The fraction of sp³-hybridized carbons (Fsp3) is 0.0588. The van der Waals surface area contributed by atoms with Gasteiger partial charge in [0.1, 0.15) is 6.07 Å². The van der Waals surface area contributed by atoms with Crippen molar-refractivity contribution in [2.75, 3.05) is 10.6 Å². The number of hydrogen-bond donors (Lipinski definition) is 2. The highest BCUT2D eigenvalue weighted by molar-refractivity contribution is 5.64. The molecular weight excluding hydrogens is 288 g/mol. The maximum Gasteiger partial charge on any atom is 0.249 e. The van der Waals surface area contributed by atoms with Crippen LogP contribution in [-0.2, 0) is 0 Å². The van der Waals surface area contributed by atoms with Gasteiger partial charge in [-0.25, -0.2) is 0 Å². The van der Waals surface area contributed by atoms with Gasteiger partial charge in [-0.1, -0.05) is 24.3 Å². The standard InChI is InChI=1S/C17H14N6/c1-12-5-4-7-14(9-12)20-16-11-19-23-17(22-16)21-15-8-3-2-6-13(15)10-18/h2-9,11H,1H3,(H2,20,21,22,23). The maximum atomic E-state index is 9.11. The molecule has 2 N–H and O–H groups in total. The first-order valence-corrected chi connectivity index (χ1v) is 7.04. The molecule has 0 aliphatic carbocycles.